The second-order valence-corrected chi connectivity index (χ2v) is 6.03. The van der Waals surface area contributed by atoms with Gasteiger partial charge in [-0.1, -0.05) is 45.4 Å². The Kier molecular flexibility index (Phi) is 10.7. The molecule has 0 saturated carbocycles. The van der Waals surface area contributed by atoms with Crippen LogP contribution in [0.2, 0.25) is 0 Å². The fourth-order valence-electron chi connectivity index (χ4n) is 2.79. The van der Waals surface area contributed by atoms with Gasteiger partial charge >= 0.3 is 5.97 Å². The molecule has 3 nitrogen and oxygen atoms in total. The van der Waals surface area contributed by atoms with Crippen molar-refractivity contribution in [3.8, 4) is 0 Å². The van der Waals surface area contributed by atoms with Gasteiger partial charge in [0.05, 0.1) is 6.61 Å². The van der Waals surface area contributed by atoms with Crippen molar-refractivity contribution in [2.75, 3.05) is 13.2 Å². The SMILES string of the molecule is CCCCCC(=O)OCCCCCCC1CCCCN1. The van der Waals surface area contributed by atoms with Gasteiger partial charge in [-0.2, -0.15) is 0 Å². The van der Waals surface area contributed by atoms with E-state index in [0.29, 0.717) is 13.0 Å². The number of esters is 1. The van der Waals surface area contributed by atoms with Crippen LogP contribution < -0.4 is 5.32 Å². The highest BCUT2D eigenvalue weighted by Gasteiger charge is 2.11. The summed E-state index contributed by atoms with van der Waals surface area (Å²) in [4.78, 5) is 11.4. The largest absolute Gasteiger partial charge is 0.466 e. The van der Waals surface area contributed by atoms with Crippen LogP contribution in [0.5, 0.6) is 0 Å². The highest BCUT2D eigenvalue weighted by Crippen LogP contribution is 2.14. The van der Waals surface area contributed by atoms with Crippen molar-refractivity contribution in [3.05, 3.63) is 0 Å². The summed E-state index contributed by atoms with van der Waals surface area (Å²) in [6.07, 6.45) is 14.1. The zero-order valence-corrected chi connectivity index (χ0v) is 13.3. The number of hydrogen-bond donors (Lipinski definition) is 1. The maximum atomic E-state index is 11.4. The molecule has 0 spiro atoms. The Bertz CT molecular complexity index is 237. The number of unbranched alkanes of at least 4 members (excludes halogenated alkanes) is 5. The number of ether oxygens (including phenoxy) is 1. The molecule has 1 unspecified atom stereocenters. The second-order valence-electron chi connectivity index (χ2n) is 6.03. The summed E-state index contributed by atoms with van der Waals surface area (Å²) in [6.45, 7) is 3.97. The molecular weight excluding hydrogens is 250 g/mol. The highest BCUT2D eigenvalue weighted by molar-refractivity contribution is 5.69. The minimum absolute atomic E-state index is 0.00939. The Morgan fingerprint density at radius 3 is 2.70 bits per heavy atom. The molecule has 1 N–H and O–H groups in total. The zero-order valence-electron chi connectivity index (χ0n) is 13.3. The summed E-state index contributed by atoms with van der Waals surface area (Å²) in [7, 11) is 0. The molecule has 0 amide bonds. The maximum Gasteiger partial charge on any atom is 0.305 e. The molecule has 1 aliphatic heterocycles. The van der Waals surface area contributed by atoms with Gasteiger partial charge in [-0.3, -0.25) is 4.79 Å². The van der Waals surface area contributed by atoms with Crippen LogP contribution in [0.4, 0.5) is 0 Å². The third-order valence-corrected chi connectivity index (χ3v) is 4.11. The van der Waals surface area contributed by atoms with E-state index < -0.39 is 0 Å². The fraction of sp³-hybridized carbons (Fsp3) is 0.941. The Hall–Kier alpha value is -0.570. The molecule has 0 aromatic heterocycles. The molecule has 1 rings (SSSR count). The molecule has 1 saturated heterocycles. The third kappa shape index (κ3) is 9.35. The summed E-state index contributed by atoms with van der Waals surface area (Å²) >= 11 is 0. The summed E-state index contributed by atoms with van der Waals surface area (Å²) in [6, 6.07) is 0.764. The molecule has 1 atom stereocenters. The van der Waals surface area contributed by atoms with Crippen molar-refractivity contribution in [1.29, 1.82) is 0 Å². The number of nitrogens with one attached hydrogen (secondary N) is 1. The Labute approximate surface area is 124 Å². The number of piperidine rings is 1. The van der Waals surface area contributed by atoms with Crippen molar-refractivity contribution in [2.24, 2.45) is 0 Å². The molecule has 1 heterocycles. The minimum atomic E-state index is -0.00939. The van der Waals surface area contributed by atoms with Crippen molar-refractivity contribution < 1.29 is 9.53 Å². The molecule has 0 aliphatic carbocycles. The van der Waals surface area contributed by atoms with Gasteiger partial charge < -0.3 is 10.1 Å². The molecular formula is C17H33NO2. The van der Waals surface area contributed by atoms with Crippen molar-refractivity contribution >= 4 is 5.97 Å². The number of carbonyl (C=O) groups is 1. The fourth-order valence-corrected chi connectivity index (χ4v) is 2.79. The van der Waals surface area contributed by atoms with Gasteiger partial charge in [-0.05, 0) is 38.6 Å². The molecule has 0 aromatic carbocycles. The van der Waals surface area contributed by atoms with Crippen molar-refractivity contribution in [1.82, 2.24) is 5.32 Å². The summed E-state index contributed by atoms with van der Waals surface area (Å²) < 4.78 is 5.23. The zero-order chi connectivity index (χ0) is 14.5. The van der Waals surface area contributed by atoms with E-state index in [0.717, 1.165) is 31.7 Å². The van der Waals surface area contributed by atoms with Crippen molar-refractivity contribution in [2.45, 2.75) is 90.0 Å². The van der Waals surface area contributed by atoms with Gasteiger partial charge in [0.2, 0.25) is 0 Å². The van der Waals surface area contributed by atoms with E-state index in [-0.39, 0.29) is 5.97 Å². The van der Waals surface area contributed by atoms with Gasteiger partial charge in [0.1, 0.15) is 0 Å². The normalized spacial score (nSPS) is 18.9. The highest BCUT2D eigenvalue weighted by atomic mass is 16.5. The summed E-state index contributed by atoms with van der Waals surface area (Å²) in [5.41, 5.74) is 0. The van der Waals surface area contributed by atoms with Crippen LogP contribution in [0.3, 0.4) is 0 Å². The van der Waals surface area contributed by atoms with Gasteiger partial charge in [0.15, 0.2) is 0 Å². The van der Waals surface area contributed by atoms with Crippen LogP contribution in [-0.2, 0) is 9.53 Å². The molecule has 20 heavy (non-hydrogen) atoms. The summed E-state index contributed by atoms with van der Waals surface area (Å²) in [5.74, 6) is -0.00939. The number of hydrogen-bond acceptors (Lipinski definition) is 3. The first-order valence-electron chi connectivity index (χ1n) is 8.72. The first-order valence-corrected chi connectivity index (χ1v) is 8.72. The molecule has 3 heteroatoms. The van der Waals surface area contributed by atoms with Crippen LogP contribution >= 0.6 is 0 Å². The second kappa shape index (κ2) is 12.2. The number of carbonyl (C=O) groups excluding carboxylic acids is 1. The predicted molar refractivity (Wildman–Crippen MR) is 83.8 cm³/mol. The Morgan fingerprint density at radius 2 is 1.95 bits per heavy atom. The average molecular weight is 283 g/mol. The minimum Gasteiger partial charge on any atom is -0.466 e. The molecule has 0 bridgehead atoms. The van der Waals surface area contributed by atoms with Crippen LogP contribution in [0, 0.1) is 0 Å². The first-order chi connectivity index (χ1) is 9.83. The van der Waals surface area contributed by atoms with Gasteiger partial charge in [0, 0.05) is 12.5 Å². The van der Waals surface area contributed by atoms with Gasteiger partial charge in [-0.25, -0.2) is 0 Å². The average Bonchev–Trinajstić information content (AvgIpc) is 2.47. The molecule has 1 fully saturated rings. The Balaban J connectivity index is 1.81. The predicted octanol–water partition coefficient (Wildman–Crippen LogP) is 4.20. The molecule has 118 valence electrons. The Morgan fingerprint density at radius 1 is 1.10 bits per heavy atom. The monoisotopic (exact) mass is 283 g/mol. The molecule has 0 radical (unpaired) electrons. The van der Waals surface area contributed by atoms with Gasteiger partial charge in [-0.15, -0.1) is 0 Å². The quantitative estimate of drug-likeness (QED) is 0.456. The van der Waals surface area contributed by atoms with E-state index in [4.69, 9.17) is 4.74 Å². The van der Waals surface area contributed by atoms with Crippen LogP contribution in [0.1, 0.15) is 84.0 Å². The van der Waals surface area contributed by atoms with E-state index in [1.54, 1.807) is 0 Å². The maximum absolute atomic E-state index is 11.4. The third-order valence-electron chi connectivity index (χ3n) is 4.11. The molecule has 0 aromatic rings. The standard InChI is InChI=1S/C17H33NO2/c1-2-3-6-13-17(19)20-15-10-5-4-7-11-16-12-8-9-14-18-16/h16,18H,2-15H2,1H3. The lowest BCUT2D eigenvalue weighted by Crippen LogP contribution is -2.33. The first kappa shape index (κ1) is 17.5. The van der Waals surface area contributed by atoms with Crippen LogP contribution in [0.25, 0.3) is 0 Å². The lowest BCUT2D eigenvalue weighted by atomic mass is 9.99. The lowest BCUT2D eigenvalue weighted by Gasteiger charge is -2.23. The summed E-state index contributed by atoms with van der Waals surface area (Å²) in [5, 5.41) is 3.59. The number of rotatable bonds is 11. The topological polar surface area (TPSA) is 38.3 Å². The van der Waals surface area contributed by atoms with E-state index in [2.05, 4.69) is 12.2 Å². The lowest BCUT2D eigenvalue weighted by molar-refractivity contribution is -0.143. The van der Waals surface area contributed by atoms with Crippen LogP contribution in [-0.4, -0.2) is 25.2 Å². The molecule has 1 aliphatic rings. The van der Waals surface area contributed by atoms with E-state index >= 15 is 0 Å². The van der Waals surface area contributed by atoms with E-state index in [9.17, 15) is 4.79 Å². The van der Waals surface area contributed by atoms with Crippen LogP contribution in [0.15, 0.2) is 0 Å². The van der Waals surface area contributed by atoms with Gasteiger partial charge in [0.25, 0.3) is 0 Å². The smallest absolute Gasteiger partial charge is 0.305 e. The van der Waals surface area contributed by atoms with E-state index in [1.807, 2.05) is 0 Å². The van der Waals surface area contributed by atoms with E-state index in [1.165, 1.54) is 51.5 Å². The van der Waals surface area contributed by atoms with Crippen molar-refractivity contribution in [3.63, 3.8) is 0 Å².